The quantitative estimate of drug-likeness (QED) is 0.204. The van der Waals surface area contributed by atoms with Gasteiger partial charge in [0, 0.05) is 13.3 Å². The van der Waals surface area contributed by atoms with Crippen LogP contribution < -0.4 is 0 Å². The molecule has 0 amide bonds. The van der Waals surface area contributed by atoms with Crippen molar-refractivity contribution >= 4 is 45.4 Å². The highest BCUT2D eigenvalue weighted by Gasteiger charge is 2.92. The van der Waals surface area contributed by atoms with Gasteiger partial charge in [-0.15, -0.1) is 0 Å². The topological polar surface area (TPSA) is 183 Å². The molecule has 3 N–H and O–H groups in total. The van der Waals surface area contributed by atoms with Gasteiger partial charge < -0.3 is 34.3 Å². The monoisotopic (exact) mass is 668 g/mol. The van der Waals surface area contributed by atoms with Crippen LogP contribution in [0.25, 0.3) is 0 Å². The molecular formula is C30H37BrO12. The number of aliphatic hydroxyl groups excluding tert-OH is 1. The molecule has 4 heterocycles. The van der Waals surface area contributed by atoms with Gasteiger partial charge in [-0.3, -0.25) is 19.2 Å². The first-order chi connectivity index (χ1) is 19.8. The molecule has 3 saturated carbocycles. The van der Waals surface area contributed by atoms with Crippen LogP contribution in [-0.4, -0.2) is 90.0 Å². The Kier molecular flexibility index (Phi) is 5.71. The van der Waals surface area contributed by atoms with Crippen LogP contribution in [0.3, 0.4) is 0 Å². The average molecular weight is 670 g/mol. The number of carbonyl (C=O) groups excluding carboxylic acids is 5. The number of halogens is 1. The molecule has 4 saturated heterocycles. The molecule has 236 valence electrons. The van der Waals surface area contributed by atoms with E-state index < -0.39 is 103 Å². The number of hydrogen-bond donors (Lipinski definition) is 3. The first kappa shape index (κ1) is 29.8. The molecule has 1 spiro atoms. The normalized spacial score (nSPS) is 58.3. The molecular weight excluding hydrogens is 632 g/mol. The number of fused-ring (bicyclic) bond motifs is 9. The fourth-order valence-corrected chi connectivity index (χ4v) is 12.0. The Morgan fingerprint density at radius 2 is 1.77 bits per heavy atom. The SMILES string of the molecule is CC(=O)OC12CCCC(=O)C1(C)C1CCC3(O)C(=O)OC4(C)C5CC(C)(C(C)C(=O)O5)C5C(=O)C(O)(OC534)C1C(O)C2Br. The highest BCUT2D eigenvalue weighted by molar-refractivity contribution is 9.09. The van der Waals surface area contributed by atoms with Gasteiger partial charge in [0.1, 0.15) is 17.5 Å². The largest absolute Gasteiger partial charge is 0.458 e. The molecule has 4 bridgehead atoms. The minimum absolute atomic E-state index is 0.0981. The van der Waals surface area contributed by atoms with E-state index in [2.05, 4.69) is 15.9 Å². The molecule has 43 heavy (non-hydrogen) atoms. The Morgan fingerprint density at radius 3 is 2.42 bits per heavy atom. The van der Waals surface area contributed by atoms with Crippen LogP contribution in [-0.2, 0) is 42.9 Å². The molecule has 14 atom stereocenters. The van der Waals surface area contributed by atoms with Crippen molar-refractivity contribution in [3.05, 3.63) is 0 Å². The van der Waals surface area contributed by atoms with Gasteiger partial charge in [0.15, 0.2) is 22.6 Å². The minimum atomic E-state index is -2.82. The lowest BCUT2D eigenvalue weighted by Crippen LogP contribution is -2.79. The van der Waals surface area contributed by atoms with Crippen molar-refractivity contribution in [1.29, 1.82) is 0 Å². The molecule has 14 unspecified atom stereocenters. The van der Waals surface area contributed by atoms with E-state index in [0.29, 0.717) is 6.42 Å². The third-order valence-electron chi connectivity index (χ3n) is 13.1. The Morgan fingerprint density at radius 1 is 1.09 bits per heavy atom. The fraction of sp³-hybridized carbons (Fsp3) is 0.833. The molecule has 7 aliphatic rings. The number of alkyl halides is 1. The molecule has 7 fully saturated rings. The van der Waals surface area contributed by atoms with Gasteiger partial charge >= 0.3 is 17.9 Å². The molecule has 3 aliphatic carbocycles. The molecule has 0 aromatic heterocycles. The number of rotatable bonds is 1. The van der Waals surface area contributed by atoms with E-state index in [9.17, 15) is 39.3 Å². The maximum Gasteiger partial charge on any atom is 0.342 e. The second-order valence-corrected chi connectivity index (χ2v) is 15.6. The zero-order valence-electron chi connectivity index (χ0n) is 24.7. The highest BCUT2D eigenvalue weighted by Crippen LogP contribution is 2.74. The van der Waals surface area contributed by atoms with Crippen LogP contribution in [0.5, 0.6) is 0 Å². The van der Waals surface area contributed by atoms with Gasteiger partial charge in [-0.1, -0.05) is 29.8 Å². The third-order valence-corrected chi connectivity index (χ3v) is 14.4. The zero-order chi connectivity index (χ0) is 31.5. The summed E-state index contributed by atoms with van der Waals surface area (Å²) in [7, 11) is 0. The van der Waals surface area contributed by atoms with E-state index in [1.54, 1.807) is 20.8 Å². The number of ether oxygens (including phenoxy) is 4. The summed E-state index contributed by atoms with van der Waals surface area (Å²) >= 11 is 3.53. The van der Waals surface area contributed by atoms with Crippen molar-refractivity contribution in [2.24, 2.45) is 34.5 Å². The number of ketones is 2. The van der Waals surface area contributed by atoms with Crippen LogP contribution in [0.2, 0.25) is 0 Å². The lowest BCUT2D eigenvalue weighted by molar-refractivity contribution is -0.360. The minimum Gasteiger partial charge on any atom is -0.458 e. The molecule has 7 rings (SSSR count). The summed E-state index contributed by atoms with van der Waals surface area (Å²) in [6, 6.07) is 0. The first-order valence-corrected chi connectivity index (χ1v) is 15.9. The lowest BCUT2D eigenvalue weighted by atomic mass is 9.46. The predicted molar refractivity (Wildman–Crippen MR) is 145 cm³/mol. The molecule has 0 aromatic carbocycles. The third kappa shape index (κ3) is 2.84. The van der Waals surface area contributed by atoms with Gasteiger partial charge in [0.05, 0.1) is 34.1 Å². The highest BCUT2D eigenvalue weighted by atomic mass is 79.9. The van der Waals surface area contributed by atoms with Gasteiger partial charge in [-0.25, -0.2) is 4.79 Å². The van der Waals surface area contributed by atoms with Crippen molar-refractivity contribution in [2.45, 2.75) is 118 Å². The van der Waals surface area contributed by atoms with Crippen LogP contribution in [0.1, 0.15) is 73.1 Å². The van der Waals surface area contributed by atoms with Crippen molar-refractivity contribution in [3.8, 4) is 0 Å². The molecule has 0 radical (unpaired) electrons. The summed E-state index contributed by atoms with van der Waals surface area (Å²) in [5, 5.41) is 37.2. The maximum atomic E-state index is 14.9. The van der Waals surface area contributed by atoms with E-state index in [4.69, 9.17) is 18.9 Å². The van der Waals surface area contributed by atoms with E-state index in [1.807, 2.05) is 0 Å². The summed E-state index contributed by atoms with van der Waals surface area (Å²) in [4.78, 5) is 67.3. The van der Waals surface area contributed by atoms with E-state index in [0.717, 1.165) is 0 Å². The van der Waals surface area contributed by atoms with Gasteiger partial charge in [-0.05, 0) is 57.3 Å². The van der Waals surface area contributed by atoms with E-state index in [-0.39, 0.29) is 37.9 Å². The second kappa shape index (κ2) is 8.26. The van der Waals surface area contributed by atoms with Gasteiger partial charge in [-0.2, -0.15) is 0 Å². The summed E-state index contributed by atoms with van der Waals surface area (Å²) in [5.74, 6) is -11.2. The lowest BCUT2D eigenvalue weighted by Gasteiger charge is -2.64. The molecule has 0 aromatic rings. The summed E-state index contributed by atoms with van der Waals surface area (Å²) in [6.45, 7) is 7.54. The predicted octanol–water partition coefficient (Wildman–Crippen LogP) is 0.873. The van der Waals surface area contributed by atoms with Crippen molar-refractivity contribution in [2.75, 3.05) is 0 Å². The second-order valence-electron chi connectivity index (χ2n) is 14.6. The van der Waals surface area contributed by atoms with Gasteiger partial charge in [0.25, 0.3) is 0 Å². The number of esters is 3. The Balaban J connectivity index is 1.50. The average Bonchev–Trinajstić information content (AvgIpc) is 3.27. The number of hydrogen-bond acceptors (Lipinski definition) is 12. The van der Waals surface area contributed by atoms with Crippen molar-refractivity contribution < 1.29 is 58.2 Å². The first-order valence-electron chi connectivity index (χ1n) is 15.0. The standard InChI is InChI=1S/C30H37BrO12/c1-12-22(36)40-16-11-24(12,3)19-21(35)29(39)17-14(8-10-27(38)23(37)42-26(16,5)30(19,27)43-29)25(4)15(33)7-6-9-28(25,41-13(2)32)20(31)18(17)34/h12,14,16-20,34,38-39H,6-11H2,1-5H3. The Hall–Kier alpha value is -1.93. The summed E-state index contributed by atoms with van der Waals surface area (Å²) in [5.41, 5.74) is -10.9. The van der Waals surface area contributed by atoms with E-state index >= 15 is 0 Å². The molecule has 4 aliphatic heterocycles. The van der Waals surface area contributed by atoms with Crippen molar-refractivity contribution in [3.63, 3.8) is 0 Å². The molecule has 12 nitrogen and oxygen atoms in total. The Bertz CT molecular complexity index is 1400. The fourth-order valence-electron chi connectivity index (χ4n) is 10.8. The van der Waals surface area contributed by atoms with Crippen LogP contribution in [0.4, 0.5) is 0 Å². The van der Waals surface area contributed by atoms with Crippen LogP contribution in [0.15, 0.2) is 0 Å². The summed E-state index contributed by atoms with van der Waals surface area (Å²) < 4.78 is 24.1. The smallest absolute Gasteiger partial charge is 0.342 e. The maximum absolute atomic E-state index is 14.9. The van der Waals surface area contributed by atoms with Gasteiger partial charge in [0.2, 0.25) is 5.79 Å². The number of carbonyl (C=O) groups is 5. The number of aliphatic hydroxyl groups is 3. The van der Waals surface area contributed by atoms with E-state index in [1.165, 1.54) is 13.8 Å². The Labute approximate surface area is 256 Å². The number of Topliss-reactive ketones (excluding diaryl/α,β-unsaturated/α-hetero) is 2. The van der Waals surface area contributed by atoms with Crippen LogP contribution in [0, 0.1) is 34.5 Å². The zero-order valence-corrected chi connectivity index (χ0v) is 26.3. The molecule has 13 heteroatoms. The van der Waals surface area contributed by atoms with Crippen LogP contribution >= 0.6 is 15.9 Å². The summed E-state index contributed by atoms with van der Waals surface area (Å²) in [6.07, 6.45) is -2.34. The van der Waals surface area contributed by atoms with Crippen molar-refractivity contribution in [1.82, 2.24) is 0 Å².